The van der Waals surface area contributed by atoms with E-state index in [0.29, 0.717) is 0 Å². The van der Waals surface area contributed by atoms with Crippen LogP contribution in [0.2, 0.25) is 0 Å². The highest BCUT2D eigenvalue weighted by molar-refractivity contribution is 7.90. The molecule has 19 heavy (non-hydrogen) atoms. The summed E-state index contributed by atoms with van der Waals surface area (Å²) in [7, 11) is -1.72. The molecule has 8 nitrogen and oxygen atoms in total. The topological polar surface area (TPSA) is 125 Å². The lowest BCUT2D eigenvalue weighted by Crippen LogP contribution is -2.22. The lowest BCUT2D eigenvalue weighted by molar-refractivity contribution is 0.0599. The molecule has 0 saturated heterocycles. The SMILES string of the molecule is COC(=O)c1cc(NS(N)(=O)=O)cc(C(=O)OC)c1. The molecule has 0 aliphatic rings. The second-order valence-corrected chi connectivity index (χ2v) is 4.72. The van der Waals surface area contributed by atoms with Gasteiger partial charge in [-0.2, -0.15) is 8.42 Å². The summed E-state index contributed by atoms with van der Waals surface area (Å²) in [5.74, 6) is -1.47. The van der Waals surface area contributed by atoms with E-state index < -0.39 is 22.1 Å². The highest BCUT2D eigenvalue weighted by Gasteiger charge is 2.15. The first kappa shape index (κ1) is 14.9. The van der Waals surface area contributed by atoms with Crippen molar-refractivity contribution < 1.29 is 27.5 Å². The maximum Gasteiger partial charge on any atom is 0.337 e. The van der Waals surface area contributed by atoms with E-state index in [-0.39, 0.29) is 16.8 Å². The van der Waals surface area contributed by atoms with Crippen molar-refractivity contribution in [3.05, 3.63) is 29.3 Å². The fourth-order valence-corrected chi connectivity index (χ4v) is 1.77. The van der Waals surface area contributed by atoms with Gasteiger partial charge in [-0.3, -0.25) is 4.72 Å². The van der Waals surface area contributed by atoms with Crippen molar-refractivity contribution in [3.63, 3.8) is 0 Å². The molecule has 1 aromatic rings. The van der Waals surface area contributed by atoms with Gasteiger partial charge in [0.05, 0.1) is 31.0 Å². The van der Waals surface area contributed by atoms with Crippen LogP contribution in [0.5, 0.6) is 0 Å². The molecule has 0 amide bonds. The summed E-state index contributed by atoms with van der Waals surface area (Å²) >= 11 is 0. The summed E-state index contributed by atoms with van der Waals surface area (Å²) in [6, 6.07) is 3.58. The molecular weight excluding hydrogens is 276 g/mol. The third-order valence-electron chi connectivity index (χ3n) is 2.04. The first-order chi connectivity index (χ1) is 8.76. The number of esters is 2. The first-order valence-electron chi connectivity index (χ1n) is 4.89. The summed E-state index contributed by atoms with van der Waals surface area (Å²) in [4.78, 5) is 22.8. The van der Waals surface area contributed by atoms with Gasteiger partial charge in [0.15, 0.2) is 0 Å². The van der Waals surface area contributed by atoms with E-state index in [0.717, 1.165) is 14.2 Å². The van der Waals surface area contributed by atoms with Crippen LogP contribution in [0.1, 0.15) is 20.7 Å². The van der Waals surface area contributed by atoms with Gasteiger partial charge in [-0.25, -0.2) is 14.7 Å². The molecular formula is C10H12N2O6S. The van der Waals surface area contributed by atoms with E-state index in [9.17, 15) is 18.0 Å². The number of hydrogen-bond donors (Lipinski definition) is 2. The Balaban J connectivity index is 3.31. The van der Waals surface area contributed by atoms with Gasteiger partial charge in [-0.15, -0.1) is 0 Å². The molecule has 0 spiro atoms. The zero-order valence-electron chi connectivity index (χ0n) is 10.2. The predicted octanol–water partition coefficient (Wildman–Crippen LogP) is -0.125. The van der Waals surface area contributed by atoms with Crippen molar-refractivity contribution in [2.75, 3.05) is 18.9 Å². The minimum Gasteiger partial charge on any atom is -0.465 e. The molecule has 0 radical (unpaired) electrons. The third kappa shape index (κ3) is 4.23. The van der Waals surface area contributed by atoms with Crippen molar-refractivity contribution in [2.24, 2.45) is 5.14 Å². The van der Waals surface area contributed by atoms with E-state index in [1.165, 1.54) is 18.2 Å². The fourth-order valence-electron chi connectivity index (χ4n) is 1.32. The highest BCUT2D eigenvalue weighted by atomic mass is 32.2. The maximum atomic E-state index is 11.4. The average molecular weight is 288 g/mol. The zero-order chi connectivity index (χ0) is 14.6. The lowest BCUT2D eigenvalue weighted by Gasteiger charge is -2.08. The molecule has 0 saturated carbocycles. The van der Waals surface area contributed by atoms with Gasteiger partial charge < -0.3 is 9.47 Å². The van der Waals surface area contributed by atoms with E-state index >= 15 is 0 Å². The first-order valence-corrected chi connectivity index (χ1v) is 6.43. The molecule has 1 aromatic carbocycles. The van der Waals surface area contributed by atoms with Gasteiger partial charge in [-0.1, -0.05) is 0 Å². The molecule has 1 rings (SSSR count). The van der Waals surface area contributed by atoms with Crippen molar-refractivity contribution in [1.82, 2.24) is 0 Å². The van der Waals surface area contributed by atoms with E-state index in [2.05, 4.69) is 9.47 Å². The van der Waals surface area contributed by atoms with Crippen LogP contribution >= 0.6 is 0 Å². The number of benzene rings is 1. The highest BCUT2D eigenvalue weighted by Crippen LogP contribution is 2.17. The van der Waals surface area contributed by atoms with Crippen LogP contribution in [0.4, 0.5) is 5.69 Å². The molecule has 104 valence electrons. The number of carbonyl (C=O) groups excluding carboxylic acids is 2. The molecule has 0 aromatic heterocycles. The molecule has 0 unspecified atom stereocenters. The summed E-state index contributed by atoms with van der Waals surface area (Å²) in [5, 5.41) is 4.81. The van der Waals surface area contributed by atoms with E-state index in [4.69, 9.17) is 5.14 Å². The second-order valence-electron chi connectivity index (χ2n) is 3.43. The quantitative estimate of drug-likeness (QED) is 0.744. The number of methoxy groups -OCH3 is 2. The van der Waals surface area contributed by atoms with Gasteiger partial charge in [0.2, 0.25) is 0 Å². The van der Waals surface area contributed by atoms with Crippen molar-refractivity contribution in [1.29, 1.82) is 0 Å². The Kier molecular flexibility index (Phi) is 4.46. The molecule has 9 heteroatoms. The standard InChI is InChI=1S/C10H12N2O6S/c1-17-9(13)6-3-7(10(14)18-2)5-8(4-6)12-19(11,15)16/h3-5,12H,1-2H3,(H2,11,15,16). The smallest absolute Gasteiger partial charge is 0.337 e. The monoisotopic (exact) mass is 288 g/mol. The summed E-state index contributed by atoms with van der Waals surface area (Å²) in [5.41, 5.74) is -0.0844. The molecule has 0 bridgehead atoms. The number of carbonyl (C=O) groups is 2. The number of nitrogens with two attached hydrogens (primary N) is 1. The van der Waals surface area contributed by atoms with Crippen molar-refractivity contribution in [3.8, 4) is 0 Å². The number of anilines is 1. The Labute approximate surface area is 109 Å². The predicted molar refractivity (Wildman–Crippen MR) is 65.9 cm³/mol. The van der Waals surface area contributed by atoms with Gasteiger partial charge >= 0.3 is 11.9 Å². The normalized spacial score (nSPS) is 10.7. The lowest BCUT2D eigenvalue weighted by atomic mass is 10.1. The summed E-state index contributed by atoms with van der Waals surface area (Å²) in [6.45, 7) is 0. The number of ether oxygens (including phenoxy) is 2. The summed E-state index contributed by atoms with van der Waals surface area (Å²) < 4.78 is 32.8. The molecule has 0 aliphatic heterocycles. The van der Waals surface area contributed by atoms with Crippen LogP contribution < -0.4 is 9.86 Å². The molecule has 3 N–H and O–H groups in total. The number of nitrogens with one attached hydrogen (secondary N) is 1. The second kappa shape index (κ2) is 5.67. The van der Waals surface area contributed by atoms with Crippen LogP contribution in [-0.4, -0.2) is 34.6 Å². The van der Waals surface area contributed by atoms with Crippen molar-refractivity contribution in [2.45, 2.75) is 0 Å². The van der Waals surface area contributed by atoms with Crippen LogP contribution in [0.15, 0.2) is 18.2 Å². The van der Waals surface area contributed by atoms with Gasteiger partial charge in [0, 0.05) is 0 Å². The third-order valence-corrected chi connectivity index (χ3v) is 2.56. The molecule has 0 fully saturated rings. The van der Waals surface area contributed by atoms with Crippen LogP contribution in [-0.2, 0) is 19.7 Å². The Morgan fingerprint density at radius 2 is 1.47 bits per heavy atom. The fraction of sp³-hybridized carbons (Fsp3) is 0.200. The minimum absolute atomic E-state index is 0.0171. The zero-order valence-corrected chi connectivity index (χ0v) is 11.0. The van der Waals surface area contributed by atoms with Crippen LogP contribution in [0.25, 0.3) is 0 Å². The largest absolute Gasteiger partial charge is 0.465 e. The van der Waals surface area contributed by atoms with Crippen LogP contribution in [0, 0.1) is 0 Å². The minimum atomic E-state index is -4.03. The van der Waals surface area contributed by atoms with Crippen molar-refractivity contribution >= 4 is 27.8 Å². The van der Waals surface area contributed by atoms with Gasteiger partial charge in [0.1, 0.15) is 0 Å². The van der Waals surface area contributed by atoms with E-state index in [1.54, 1.807) is 0 Å². The Morgan fingerprint density at radius 1 is 1.05 bits per heavy atom. The Morgan fingerprint density at radius 3 is 1.79 bits per heavy atom. The molecule has 0 atom stereocenters. The average Bonchev–Trinajstić information content (AvgIpc) is 2.34. The van der Waals surface area contributed by atoms with E-state index in [1.807, 2.05) is 4.72 Å². The number of hydrogen-bond acceptors (Lipinski definition) is 6. The Hall–Kier alpha value is -2.13. The maximum absolute atomic E-state index is 11.4. The van der Waals surface area contributed by atoms with Crippen LogP contribution in [0.3, 0.4) is 0 Å². The van der Waals surface area contributed by atoms with Gasteiger partial charge in [-0.05, 0) is 18.2 Å². The Bertz CT molecular complexity index is 576. The van der Waals surface area contributed by atoms with Gasteiger partial charge in [0.25, 0.3) is 10.2 Å². The summed E-state index contributed by atoms with van der Waals surface area (Å²) in [6.07, 6.45) is 0. The molecule has 0 heterocycles. The number of rotatable bonds is 4. The molecule has 0 aliphatic carbocycles.